The summed E-state index contributed by atoms with van der Waals surface area (Å²) in [5, 5.41) is 3.25. The van der Waals surface area contributed by atoms with Crippen molar-refractivity contribution in [3.63, 3.8) is 0 Å². The molecule has 0 amide bonds. The molecule has 2 rings (SSSR count). The second-order valence-electron chi connectivity index (χ2n) is 3.81. The van der Waals surface area contributed by atoms with E-state index in [4.69, 9.17) is 4.74 Å². The summed E-state index contributed by atoms with van der Waals surface area (Å²) in [6.45, 7) is 5.38. The number of aromatic amines is 1. The molecule has 0 atom stereocenters. The van der Waals surface area contributed by atoms with Crippen LogP contribution < -0.4 is 10.1 Å². The number of methoxy groups -OCH3 is 1. The lowest BCUT2D eigenvalue weighted by Gasteiger charge is -1.98. The van der Waals surface area contributed by atoms with Gasteiger partial charge in [0.05, 0.1) is 18.1 Å². The SMILES string of the molecule is C=CCNCCc1nc2ccc(OC)cc2[nH]1. The lowest BCUT2D eigenvalue weighted by atomic mass is 10.3. The van der Waals surface area contributed by atoms with Crippen LogP contribution in [0.4, 0.5) is 0 Å². The predicted molar refractivity (Wildman–Crippen MR) is 69.4 cm³/mol. The molecule has 0 bridgehead atoms. The molecule has 90 valence electrons. The van der Waals surface area contributed by atoms with Crippen molar-refractivity contribution in [2.75, 3.05) is 20.2 Å². The first-order valence-electron chi connectivity index (χ1n) is 5.67. The van der Waals surface area contributed by atoms with E-state index in [-0.39, 0.29) is 0 Å². The lowest BCUT2D eigenvalue weighted by Crippen LogP contribution is -2.17. The van der Waals surface area contributed by atoms with Crippen LogP contribution in [0, 0.1) is 0 Å². The Morgan fingerprint density at radius 3 is 3.18 bits per heavy atom. The maximum absolute atomic E-state index is 5.17. The van der Waals surface area contributed by atoms with Gasteiger partial charge in [-0.3, -0.25) is 0 Å². The first-order valence-corrected chi connectivity index (χ1v) is 5.67. The van der Waals surface area contributed by atoms with Gasteiger partial charge >= 0.3 is 0 Å². The van der Waals surface area contributed by atoms with Gasteiger partial charge < -0.3 is 15.0 Å². The maximum atomic E-state index is 5.17. The largest absolute Gasteiger partial charge is 0.497 e. The van der Waals surface area contributed by atoms with Crippen molar-refractivity contribution in [1.29, 1.82) is 0 Å². The van der Waals surface area contributed by atoms with E-state index in [2.05, 4.69) is 21.9 Å². The van der Waals surface area contributed by atoms with Crippen LogP contribution in [-0.4, -0.2) is 30.2 Å². The van der Waals surface area contributed by atoms with E-state index >= 15 is 0 Å². The summed E-state index contributed by atoms with van der Waals surface area (Å²) in [4.78, 5) is 7.80. The molecule has 0 aliphatic carbocycles. The smallest absolute Gasteiger partial charge is 0.121 e. The normalized spacial score (nSPS) is 10.6. The summed E-state index contributed by atoms with van der Waals surface area (Å²) in [6.07, 6.45) is 2.73. The van der Waals surface area contributed by atoms with Crippen LogP contribution in [0.2, 0.25) is 0 Å². The minimum absolute atomic E-state index is 0.827. The molecule has 2 aromatic rings. The van der Waals surface area contributed by atoms with Crippen LogP contribution in [0.5, 0.6) is 5.75 Å². The minimum atomic E-state index is 0.827. The number of benzene rings is 1. The summed E-state index contributed by atoms with van der Waals surface area (Å²) in [5.41, 5.74) is 1.99. The number of nitrogens with zero attached hydrogens (tertiary/aromatic N) is 1. The van der Waals surface area contributed by atoms with E-state index in [0.717, 1.165) is 42.1 Å². The fourth-order valence-corrected chi connectivity index (χ4v) is 1.70. The van der Waals surface area contributed by atoms with Gasteiger partial charge in [0.15, 0.2) is 0 Å². The number of rotatable bonds is 6. The molecule has 0 saturated heterocycles. The first-order chi connectivity index (χ1) is 8.33. The van der Waals surface area contributed by atoms with Crippen molar-refractivity contribution in [1.82, 2.24) is 15.3 Å². The van der Waals surface area contributed by atoms with Gasteiger partial charge in [-0.1, -0.05) is 6.08 Å². The number of hydrogen-bond donors (Lipinski definition) is 2. The van der Waals surface area contributed by atoms with Crippen LogP contribution in [0.15, 0.2) is 30.9 Å². The highest BCUT2D eigenvalue weighted by atomic mass is 16.5. The second kappa shape index (κ2) is 5.50. The summed E-state index contributed by atoms with van der Waals surface area (Å²) in [5.74, 6) is 1.84. The van der Waals surface area contributed by atoms with Gasteiger partial charge in [-0.2, -0.15) is 0 Å². The zero-order chi connectivity index (χ0) is 12.1. The molecule has 17 heavy (non-hydrogen) atoms. The second-order valence-corrected chi connectivity index (χ2v) is 3.81. The van der Waals surface area contributed by atoms with Gasteiger partial charge in [-0.05, 0) is 12.1 Å². The highest BCUT2D eigenvalue weighted by Gasteiger charge is 2.03. The molecule has 0 radical (unpaired) electrons. The highest BCUT2D eigenvalue weighted by molar-refractivity contribution is 5.76. The van der Waals surface area contributed by atoms with Crippen LogP contribution in [-0.2, 0) is 6.42 Å². The third kappa shape index (κ3) is 2.85. The number of aromatic nitrogens is 2. The van der Waals surface area contributed by atoms with Crippen molar-refractivity contribution in [2.24, 2.45) is 0 Å². The predicted octanol–water partition coefficient (Wildman–Crippen LogP) is 1.89. The molecule has 4 heteroatoms. The zero-order valence-electron chi connectivity index (χ0n) is 9.99. The summed E-state index contributed by atoms with van der Waals surface area (Å²) in [6, 6.07) is 5.84. The fraction of sp³-hybridized carbons (Fsp3) is 0.308. The van der Waals surface area contributed by atoms with E-state index < -0.39 is 0 Å². The molecule has 1 aromatic heterocycles. The summed E-state index contributed by atoms with van der Waals surface area (Å²) < 4.78 is 5.17. The van der Waals surface area contributed by atoms with Crippen LogP contribution in [0.25, 0.3) is 11.0 Å². The molecule has 2 N–H and O–H groups in total. The van der Waals surface area contributed by atoms with Crippen molar-refractivity contribution >= 4 is 11.0 Å². The van der Waals surface area contributed by atoms with Crippen LogP contribution in [0.3, 0.4) is 0 Å². The first kappa shape index (κ1) is 11.7. The standard InChI is InChI=1S/C13H17N3O/c1-3-7-14-8-6-13-15-11-5-4-10(17-2)9-12(11)16-13/h3-5,9,14H,1,6-8H2,2H3,(H,15,16). The fourth-order valence-electron chi connectivity index (χ4n) is 1.70. The number of H-pyrrole nitrogens is 1. The molecule has 0 saturated carbocycles. The van der Waals surface area contributed by atoms with Crippen molar-refractivity contribution in [3.05, 3.63) is 36.7 Å². The third-order valence-corrected chi connectivity index (χ3v) is 2.57. The number of imidazole rings is 1. The Morgan fingerprint density at radius 2 is 2.41 bits per heavy atom. The molecule has 0 aliphatic rings. The quantitative estimate of drug-likeness (QED) is 0.589. The molecule has 0 unspecified atom stereocenters. The van der Waals surface area contributed by atoms with Gasteiger partial charge in [-0.25, -0.2) is 4.98 Å². The van der Waals surface area contributed by atoms with Gasteiger partial charge in [0.2, 0.25) is 0 Å². The number of ether oxygens (including phenoxy) is 1. The minimum Gasteiger partial charge on any atom is -0.497 e. The highest BCUT2D eigenvalue weighted by Crippen LogP contribution is 2.18. The van der Waals surface area contributed by atoms with Crippen LogP contribution >= 0.6 is 0 Å². The number of hydrogen-bond acceptors (Lipinski definition) is 3. The molecule has 0 spiro atoms. The Kier molecular flexibility index (Phi) is 3.77. The molecule has 0 aliphatic heterocycles. The van der Waals surface area contributed by atoms with Gasteiger partial charge in [-0.15, -0.1) is 6.58 Å². The van der Waals surface area contributed by atoms with Gasteiger partial charge in [0, 0.05) is 25.6 Å². The van der Waals surface area contributed by atoms with E-state index in [1.165, 1.54) is 0 Å². The number of fused-ring (bicyclic) bond motifs is 1. The molecule has 0 fully saturated rings. The lowest BCUT2D eigenvalue weighted by molar-refractivity contribution is 0.415. The maximum Gasteiger partial charge on any atom is 0.121 e. The number of nitrogens with one attached hydrogen (secondary N) is 2. The monoisotopic (exact) mass is 231 g/mol. The Labute approximate surface area is 101 Å². The third-order valence-electron chi connectivity index (χ3n) is 2.57. The Hall–Kier alpha value is -1.81. The van der Waals surface area contributed by atoms with E-state index in [0.29, 0.717) is 0 Å². The Balaban J connectivity index is 2.06. The average Bonchev–Trinajstić information content (AvgIpc) is 2.76. The average molecular weight is 231 g/mol. The Morgan fingerprint density at radius 1 is 1.53 bits per heavy atom. The van der Waals surface area contributed by atoms with Crippen molar-refractivity contribution in [2.45, 2.75) is 6.42 Å². The molecule has 1 heterocycles. The molecule has 4 nitrogen and oxygen atoms in total. The van der Waals surface area contributed by atoms with Crippen molar-refractivity contribution < 1.29 is 4.74 Å². The van der Waals surface area contributed by atoms with E-state index in [1.807, 2.05) is 24.3 Å². The van der Waals surface area contributed by atoms with Gasteiger partial charge in [0.25, 0.3) is 0 Å². The topological polar surface area (TPSA) is 49.9 Å². The Bertz CT molecular complexity index is 504. The zero-order valence-corrected chi connectivity index (χ0v) is 9.99. The van der Waals surface area contributed by atoms with E-state index in [1.54, 1.807) is 7.11 Å². The van der Waals surface area contributed by atoms with Crippen molar-refractivity contribution in [3.8, 4) is 5.75 Å². The summed E-state index contributed by atoms with van der Waals surface area (Å²) in [7, 11) is 1.66. The van der Waals surface area contributed by atoms with Gasteiger partial charge in [0.1, 0.15) is 11.6 Å². The molecular weight excluding hydrogens is 214 g/mol. The summed E-state index contributed by atoms with van der Waals surface area (Å²) >= 11 is 0. The molecular formula is C13H17N3O. The molecule has 1 aromatic carbocycles. The van der Waals surface area contributed by atoms with Crippen LogP contribution in [0.1, 0.15) is 5.82 Å². The van der Waals surface area contributed by atoms with E-state index in [9.17, 15) is 0 Å².